The molecule has 3 rings (SSSR count). The van der Waals surface area contributed by atoms with Crippen molar-refractivity contribution in [3.8, 4) is 0 Å². The molecule has 4 N–H and O–H groups in total. The predicted molar refractivity (Wildman–Crippen MR) is 73.8 cm³/mol. The molecule has 0 spiro atoms. The van der Waals surface area contributed by atoms with Gasteiger partial charge in [-0.15, -0.1) is 0 Å². The first-order valence-electron chi connectivity index (χ1n) is 5.65. The van der Waals surface area contributed by atoms with Gasteiger partial charge in [-0.1, -0.05) is 11.3 Å². The van der Waals surface area contributed by atoms with E-state index < -0.39 is 0 Å². The van der Waals surface area contributed by atoms with Crippen molar-refractivity contribution in [3.63, 3.8) is 0 Å². The standard InChI is InChI=1S/C12H11N5OS/c13-12-17-8-2-1-7(5-9(8)19-12)11(18)16-6-10-14-3-4-15-10/h1-5H,6H2,(H2,13,17)(H,14,15)(H,16,18). The Kier molecular flexibility index (Phi) is 2.88. The van der Waals surface area contributed by atoms with Crippen molar-refractivity contribution in [2.24, 2.45) is 0 Å². The van der Waals surface area contributed by atoms with Crippen LogP contribution in [0, 0.1) is 0 Å². The minimum atomic E-state index is -0.148. The fourth-order valence-corrected chi connectivity index (χ4v) is 2.52. The first-order valence-corrected chi connectivity index (χ1v) is 6.46. The van der Waals surface area contributed by atoms with Gasteiger partial charge in [-0.05, 0) is 18.2 Å². The number of aromatic amines is 1. The second-order valence-electron chi connectivity index (χ2n) is 3.95. The number of anilines is 1. The molecule has 0 atom stereocenters. The van der Waals surface area contributed by atoms with Gasteiger partial charge in [0.15, 0.2) is 5.13 Å². The third-order valence-electron chi connectivity index (χ3n) is 2.64. The number of hydrogen-bond acceptors (Lipinski definition) is 5. The molecule has 96 valence electrons. The van der Waals surface area contributed by atoms with Crippen molar-refractivity contribution in [2.45, 2.75) is 6.54 Å². The average molecular weight is 273 g/mol. The molecule has 7 heteroatoms. The molecule has 1 aromatic carbocycles. The number of fused-ring (bicyclic) bond motifs is 1. The summed E-state index contributed by atoms with van der Waals surface area (Å²) in [5, 5.41) is 3.30. The second-order valence-corrected chi connectivity index (χ2v) is 5.02. The number of nitrogens with two attached hydrogens (primary N) is 1. The van der Waals surface area contributed by atoms with E-state index in [9.17, 15) is 4.79 Å². The van der Waals surface area contributed by atoms with Gasteiger partial charge in [-0.2, -0.15) is 0 Å². The van der Waals surface area contributed by atoms with Gasteiger partial charge in [0.2, 0.25) is 0 Å². The number of nitrogens with one attached hydrogen (secondary N) is 2. The summed E-state index contributed by atoms with van der Waals surface area (Å²) in [6.45, 7) is 0.370. The lowest BCUT2D eigenvalue weighted by Gasteiger charge is -2.03. The highest BCUT2D eigenvalue weighted by Gasteiger charge is 2.08. The fourth-order valence-electron chi connectivity index (χ4n) is 1.74. The van der Waals surface area contributed by atoms with Gasteiger partial charge < -0.3 is 16.0 Å². The van der Waals surface area contributed by atoms with E-state index in [4.69, 9.17) is 5.73 Å². The van der Waals surface area contributed by atoms with Gasteiger partial charge in [0.25, 0.3) is 5.91 Å². The zero-order valence-electron chi connectivity index (χ0n) is 9.88. The third kappa shape index (κ3) is 2.41. The molecule has 0 saturated heterocycles. The van der Waals surface area contributed by atoms with Gasteiger partial charge in [0, 0.05) is 18.0 Å². The van der Waals surface area contributed by atoms with Crippen LogP contribution in [0.3, 0.4) is 0 Å². The number of thiazole rings is 1. The lowest BCUT2D eigenvalue weighted by Crippen LogP contribution is -2.23. The molecule has 3 aromatic rings. The van der Waals surface area contributed by atoms with Crippen molar-refractivity contribution >= 4 is 32.6 Å². The van der Waals surface area contributed by atoms with E-state index in [1.807, 2.05) is 0 Å². The van der Waals surface area contributed by atoms with E-state index in [0.29, 0.717) is 17.2 Å². The van der Waals surface area contributed by atoms with Crippen LogP contribution in [-0.2, 0) is 6.54 Å². The number of benzene rings is 1. The Morgan fingerprint density at radius 3 is 3.16 bits per heavy atom. The lowest BCUT2D eigenvalue weighted by atomic mass is 10.2. The Labute approximate surface area is 112 Å². The number of carbonyl (C=O) groups is 1. The summed E-state index contributed by atoms with van der Waals surface area (Å²) in [7, 11) is 0. The Bertz CT molecular complexity index is 719. The Morgan fingerprint density at radius 1 is 1.47 bits per heavy atom. The maximum atomic E-state index is 12.0. The molecule has 19 heavy (non-hydrogen) atoms. The molecule has 0 saturated carbocycles. The zero-order valence-corrected chi connectivity index (χ0v) is 10.7. The van der Waals surface area contributed by atoms with E-state index in [2.05, 4.69) is 20.3 Å². The van der Waals surface area contributed by atoms with Crippen LogP contribution in [0.4, 0.5) is 5.13 Å². The first-order chi connectivity index (χ1) is 9.22. The van der Waals surface area contributed by atoms with E-state index in [1.165, 1.54) is 11.3 Å². The number of rotatable bonds is 3. The minimum absolute atomic E-state index is 0.148. The molecule has 0 fully saturated rings. The zero-order chi connectivity index (χ0) is 13.2. The number of amides is 1. The maximum Gasteiger partial charge on any atom is 0.251 e. The predicted octanol–water partition coefficient (Wildman–Crippen LogP) is 1.53. The molecule has 0 aliphatic carbocycles. The van der Waals surface area contributed by atoms with E-state index in [1.54, 1.807) is 30.6 Å². The molecule has 0 bridgehead atoms. The van der Waals surface area contributed by atoms with Crippen LogP contribution in [0.1, 0.15) is 16.2 Å². The van der Waals surface area contributed by atoms with E-state index >= 15 is 0 Å². The van der Waals surface area contributed by atoms with Crippen LogP contribution >= 0.6 is 11.3 Å². The van der Waals surface area contributed by atoms with Crippen LogP contribution in [0.2, 0.25) is 0 Å². The van der Waals surface area contributed by atoms with Gasteiger partial charge in [-0.25, -0.2) is 9.97 Å². The smallest absolute Gasteiger partial charge is 0.251 e. The third-order valence-corrected chi connectivity index (χ3v) is 3.49. The van der Waals surface area contributed by atoms with Crippen molar-refractivity contribution in [1.82, 2.24) is 20.3 Å². The molecule has 1 amide bonds. The van der Waals surface area contributed by atoms with Crippen molar-refractivity contribution < 1.29 is 4.79 Å². The lowest BCUT2D eigenvalue weighted by molar-refractivity contribution is 0.0950. The minimum Gasteiger partial charge on any atom is -0.375 e. The van der Waals surface area contributed by atoms with Crippen LogP contribution in [-0.4, -0.2) is 20.9 Å². The monoisotopic (exact) mass is 273 g/mol. The molecule has 6 nitrogen and oxygen atoms in total. The summed E-state index contributed by atoms with van der Waals surface area (Å²) in [5.41, 5.74) is 7.03. The van der Waals surface area contributed by atoms with Crippen molar-refractivity contribution in [3.05, 3.63) is 42.0 Å². The highest BCUT2D eigenvalue weighted by molar-refractivity contribution is 7.22. The van der Waals surface area contributed by atoms with Gasteiger partial charge in [0.05, 0.1) is 16.8 Å². The summed E-state index contributed by atoms with van der Waals surface area (Å²) < 4.78 is 0.906. The molecule has 2 heterocycles. The van der Waals surface area contributed by atoms with Crippen molar-refractivity contribution in [2.75, 3.05) is 5.73 Å². The number of nitrogen functional groups attached to an aromatic ring is 1. The Morgan fingerprint density at radius 2 is 2.37 bits per heavy atom. The summed E-state index contributed by atoms with van der Waals surface area (Å²) in [4.78, 5) is 23.1. The largest absolute Gasteiger partial charge is 0.375 e. The normalized spacial score (nSPS) is 10.7. The molecule has 0 unspecified atom stereocenters. The summed E-state index contributed by atoms with van der Waals surface area (Å²) in [5.74, 6) is 0.571. The summed E-state index contributed by atoms with van der Waals surface area (Å²) >= 11 is 1.37. The van der Waals surface area contributed by atoms with E-state index in [-0.39, 0.29) is 5.91 Å². The molecular weight excluding hydrogens is 262 g/mol. The molecule has 2 aromatic heterocycles. The topological polar surface area (TPSA) is 96.7 Å². The number of H-pyrrole nitrogens is 1. The van der Waals surface area contributed by atoms with Gasteiger partial charge >= 0.3 is 0 Å². The SMILES string of the molecule is Nc1nc2ccc(C(=O)NCc3ncc[nH]3)cc2s1. The van der Waals surface area contributed by atoms with Crippen LogP contribution in [0.15, 0.2) is 30.6 Å². The van der Waals surface area contributed by atoms with Crippen LogP contribution in [0.5, 0.6) is 0 Å². The number of carbonyl (C=O) groups excluding carboxylic acids is 1. The molecule has 0 aliphatic heterocycles. The quantitative estimate of drug-likeness (QED) is 0.674. The number of nitrogens with zero attached hydrogens (tertiary/aromatic N) is 2. The Hall–Kier alpha value is -2.41. The highest BCUT2D eigenvalue weighted by Crippen LogP contribution is 2.24. The first kappa shape index (κ1) is 11.7. The van der Waals surface area contributed by atoms with Crippen LogP contribution in [0.25, 0.3) is 10.2 Å². The highest BCUT2D eigenvalue weighted by atomic mass is 32.1. The maximum absolute atomic E-state index is 12.0. The van der Waals surface area contributed by atoms with Crippen LogP contribution < -0.4 is 11.1 Å². The summed E-state index contributed by atoms with van der Waals surface area (Å²) in [6.07, 6.45) is 3.36. The average Bonchev–Trinajstić information content (AvgIpc) is 3.02. The molecular formula is C12H11N5OS. The molecule has 0 radical (unpaired) electrons. The fraction of sp³-hybridized carbons (Fsp3) is 0.0833. The number of imidazole rings is 1. The van der Waals surface area contributed by atoms with Gasteiger partial charge in [0.1, 0.15) is 5.82 Å². The van der Waals surface area contributed by atoms with Gasteiger partial charge in [-0.3, -0.25) is 4.79 Å². The second kappa shape index (κ2) is 4.69. The number of hydrogen-bond donors (Lipinski definition) is 3. The number of aromatic nitrogens is 3. The van der Waals surface area contributed by atoms with Crippen molar-refractivity contribution in [1.29, 1.82) is 0 Å². The Balaban J connectivity index is 1.77. The van der Waals surface area contributed by atoms with E-state index in [0.717, 1.165) is 16.0 Å². The summed E-state index contributed by atoms with van der Waals surface area (Å²) in [6, 6.07) is 5.32. The molecule has 0 aliphatic rings.